The number of carboxylic acid groups (broad SMARTS) is 1. The number of rotatable bonds is 3. The highest BCUT2D eigenvalue weighted by molar-refractivity contribution is 7.89. The van der Waals surface area contributed by atoms with Gasteiger partial charge in [0.1, 0.15) is 17.7 Å². The van der Waals surface area contributed by atoms with Crippen LogP contribution in [0.5, 0.6) is 0 Å². The van der Waals surface area contributed by atoms with Crippen molar-refractivity contribution >= 4 is 16.0 Å². The highest BCUT2D eigenvalue weighted by atomic mass is 32.2. The van der Waals surface area contributed by atoms with Crippen LogP contribution in [0.4, 0.5) is 0 Å². The summed E-state index contributed by atoms with van der Waals surface area (Å²) in [6, 6.07) is 3.78. The van der Waals surface area contributed by atoms with Crippen molar-refractivity contribution in [3.8, 4) is 0 Å². The number of carbonyl (C=O) groups is 1. The molecule has 24 heavy (non-hydrogen) atoms. The van der Waals surface area contributed by atoms with E-state index in [1.54, 1.807) is 30.5 Å². The molecule has 0 bridgehead atoms. The maximum Gasteiger partial charge on any atom is 0.323 e. The zero-order valence-corrected chi connectivity index (χ0v) is 14.4. The van der Waals surface area contributed by atoms with E-state index in [9.17, 15) is 18.3 Å². The first-order valence-electron chi connectivity index (χ1n) is 7.42. The number of aryl methyl sites for hydroxylation is 3. The van der Waals surface area contributed by atoms with Gasteiger partial charge < -0.3 is 9.67 Å². The second kappa shape index (κ2) is 5.67. The summed E-state index contributed by atoms with van der Waals surface area (Å²) in [5.41, 5.74) is 1.53. The van der Waals surface area contributed by atoms with E-state index >= 15 is 0 Å². The van der Waals surface area contributed by atoms with Crippen LogP contribution in [0, 0.1) is 20.8 Å². The molecule has 1 aliphatic rings. The highest BCUT2D eigenvalue weighted by Crippen LogP contribution is 2.28. The number of sulfonamides is 1. The molecular formula is C15H18N4O4S. The number of carboxylic acids is 1. The average Bonchev–Trinajstić information content (AvgIpc) is 2.86. The number of aliphatic carboxylic acids is 1. The Kier molecular flexibility index (Phi) is 3.92. The van der Waals surface area contributed by atoms with Crippen molar-refractivity contribution in [3.05, 3.63) is 41.0 Å². The van der Waals surface area contributed by atoms with E-state index in [-0.39, 0.29) is 18.0 Å². The number of hydrogen-bond acceptors (Lipinski definition) is 5. The van der Waals surface area contributed by atoms with Crippen molar-refractivity contribution in [1.29, 1.82) is 0 Å². The van der Waals surface area contributed by atoms with Crippen molar-refractivity contribution in [2.75, 3.05) is 0 Å². The molecule has 1 aromatic heterocycles. The molecule has 1 N–H and O–H groups in total. The molecule has 0 fully saturated rings. The number of benzene rings is 1. The van der Waals surface area contributed by atoms with Crippen LogP contribution in [0.2, 0.25) is 0 Å². The zero-order valence-electron chi connectivity index (χ0n) is 13.6. The number of fused-ring (bicyclic) bond motifs is 1. The van der Waals surface area contributed by atoms with Gasteiger partial charge >= 0.3 is 5.97 Å². The first kappa shape index (κ1) is 16.6. The molecule has 1 aliphatic heterocycles. The molecule has 1 unspecified atom stereocenters. The lowest BCUT2D eigenvalue weighted by Crippen LogP contribution is -2.50. The molecule has 0 amide bonds. The molecule has 128 valence electrons. The summed E-state index contributed by atoms with van der Waals surface area (Å²) < 4.78 is 28.8. The smallest absolute Gasteiger partial charge is 0.323 e. The van der Waals surface area contributed by atoms with Gasteiger partial charge in [-0.3, -0.25) is 4.79 Å². The van der Waals surface area contributed by atoms with Gasteiger partial charge in [-0.25, -0.2) is 8.42 Å². The predicted molar refractivity (Wildman–Crippen MR) is 84.8 cm³/mol. The van der Waals surface area contributed by atoms with Gasteiger partial charge in [0.15, 0.2) is 0 Å². The fourth-order valence-electron chi connectivity index (χ4n) is 2.96. The van der Waals surface area contributed by atoms with Crippen LogP contribution >= 0.6 is 0 Å². The van der Waals surface area contributed by atoms with Gasteiger partial charge in [-0.05, 0) is 32.4 Å². The maximum atomic E-state index is 13.1. The van der Waals surface area contributed by atoms with Crippen molar-refractivity contribution in [1.82, 2.24) is 19.1 Å². The van der Waals surface area contributed by atoms with Crippen LogP contribution in [-0.2, 0) is 27.9 Å². The number of hydrogen-bond donors (Lipinski definition) is 1. The van der Waals surface area contributed by atoms with E-state index in [0.717, 1.165) is 9.87 Å². The fraction of sp³-hybridized carbons (Fsp3) is 0.400. The Hall–Kier alpha value is -2.26. The standard InChI is InChI=1S/C15H18N4O4S/c1-9-4-5-13(10(2)6-9)24(22,23)19-8-14-17-16-11(3)18(14)7-12(19)15(20)21/h4-6,12H,7-8H2,1-3H3,(H,20,21). The summed E-state index contributed by atoms with van der Waals surface area (Å²) in [7, 11) is -3.97. The molecule has 2 heterocycles. The quantitative estimate of drug-likeness (QED) is 0.880. The predicted octanol–water partition coefficient (Wildman–Crippen LogP) is 0.861. The van der Waals surface area contributed by atoms with E-state index in [2.05, 4.69) is 10.2 Å². The lowest BCUT2D eigenvalue weighted by atomic mass is 10.2. The molecule has 0 saturated carbocycles. The lowest BCUT2D eigenvalue weighted by molar-refractivity contribution is -0.142. The van der Waals surface area contributed by atoms with Gasteiger partial charge in [-0.2, -0.15) is 4.31 Å². The Morgan fingerprint density at radius 2 is 1.96 bits per heavy atom. The van der Waals surface area contributed by atoms with Crippen LogP contribution < -0.4 is 0 Å². The Morgan fingerprint density at radius 1 is 1.25 bits per heavy atom. The van der Waals surface area contributed by atoms with Crippen LogP contribution in [-0.4, -0.2) is 44.6 Å². The highest BCUT2D eigenvalue weighted by Gasteiger charge is 2.41. The molecule has 2 aromatic rings. The van der Waals surface area contributed by atoms with Crippen LogP contribution in [0.15, 0.2) is 23.1 Å². The molecule has 1 aromatic carbocycles. The van der Waals surface area contributed by atoms with E-state index in [0.29, 0.717) is 17.2 Å². The summed E-state index contributed by atoms with van der Waals surface area (Å²) in [4.78, 5) is 11.8. The number of nitrogens with zero attached hydrogens (tertiary/aromatic N) is 4. The Balaban J connectivity index is 2.10. The van der Waals surface area contributed by atoms with Gasteiger partial charge in [0.2, 0.25) is 10.0 Å². The first-order chi connectivity index (χ1) is 11.2. The Bertz CT molecular complexity index is 920. The van der Waals surface area contributed by atoms with Gasteiger partial charge in [0.05, 0.1) is 18.0 Å². The minimum atomic E-state index is -3.97. The molecule has 9 heteroatoms. The molecule has 3 rings (SSSR count). The van der Waals surface area contributed by atoms with Gasteiger partial charge in [-0.1, -0.05) is 17.7 Å². The summed E-state index contributed by atoms with van der Waals surface area (Å²) in [6.07, 6.45) is 0. The van der Waals surface area contributed by atoms with Crippen LogP contribution in [0.3, 0.4) is 0 Å². The topological polar surface area (TPSA) is 105 Å². The number of aromatic nitrogens is 3. The minimum absolute atomic E-state index is 0.00631. The third-order valence-electron chi connectivity index (χ3n) is 4.21. The summed E-state index contributed by atoms with van der Waals surface area (Å²) >= 11 is 0. The summed E-state index contributed by atoms with van der Waals surface area (Å²) in [5.74, 6) is -0.180. The second-order valence-corrected chi connectivity index (χ2v) is 7.81. The average molecular weight is 350 g/mol. The monoisotopic (exact) mass is 350 g/mol. The van der Waals surface area contributed by atoms with Gasteiger partial charge in [0.25, 0.3) is 0 Å². The van der Waals surface area contributed by atoms with Crippen molar-refractivity contribution in [2.24, 2.45) is 0 Å². The van der Waals surface area contributed by atoms with Gasteiger partial charge in [0, 0.05) is 0 Å². The van der Waals surface area contributed by atoms with Crippen molar-refractivity contribution in [2.45, 2.75) is 44.8 Å². The fourth-order valence-corrected chi connectivity index (χ4v) is 4.70. The molecule has 0 radical (unpaired) electrons. The SMILES string of the molecule is Cc1ccc(S(=O)(=O)N2Cc3nnc(C)n3CC2C(=O)O)c(C)c1. The summed E-state index contributed by atoms with van der Waals surface area (Å²) in [6.45, 7) is 5.16. The normalized spacial score (nSPS) is 18.4. The van der Waals surface area contributed by atoms with E-state index in [1.165, 1.54) is 6.07 Å². The van der Waals surface area contributed by atoms with Crippen molar-refractivity contribution < 1.29 is 18.3 Å². The third kappa shape index (κ3) is 2.59. The molecule has 1 atom stereocenters. The third-order valence-corrected chi connectivity index (χ3v) is 6.23. The molecule has 0 spiro atoms. The summed E-state index contributed by atoms with van der Waals surface area (Å²) in [5, 5.41) is 17.4. The zero-order chi connectivity index (χ0) is 17.6. The Morgan fingerprint density at radius 3 is 2.58 bits per heavy atom. The van der Waals surface area contributed by atoms with E-state index in [4.69, 9.17) is 0 Å². The molecular weight excluding hydrogens is 332 g/mol. The first-order valence-corrected chi connectivity index (χ1v) is 8.86. The van der Waals surface area contributed by atoms with E-state index < -0.39 is 22.0 Å². The molecule has 8 nitrogen and oxygen atoms in total. The van der Waals surface area contributed by atoms with Gasteiger partial charge in [-0.15, -0.1) is 10.2 Å². The lowest BCUT2D eigenvalue weighted by Gasteiger charge is -2.32. The van der Waals surface area contributed by atoms with E-state index in [1.807, 2.05) is 6.92 Å². The minimum Gasteiger partial charge on any atom is -0.480 e. The second-order valence-electron chi connectivity index (χ2n) is 5.95. The largest absolute Gasteiger partial charge is 0.480 e. The Labute approximate surface area is 139 Å². The molecule has 0 saturated heterocycles. The molecule has 0 aliphatic carbocycles. The maximum absolute atomic E-state index is 13.1. The van der Waals surface area contributed by atoms with Crippen molar-refractivity contribution in [3.63, 3.8) is 0 Å². The van der Waals surface area contributed by atoms with Crippen LogP contribution in [0.25, 0.3) is 0 Å². The van der Waals surface area contributed by atoms with Crippen LogP contribution in [0.1, 0.15) is 22.8 Å².